The fraction of sp³-hybridized carbons (Fsp3) is 0.700. The number of hydrogen-bond donors (Lipinski definition) is 1. The van der Waals surface area contributed by atoms with Gasteiger partial charge in [0.25, 0.3) is 0 Å². The number of alkyl halides is 3. The highest BCUT2D eigenvalue weighted by Crippen LogP contribution is 2.38. The molecule has 14 heteroatoms. The molecule has 0 aliphatic rings. The second kappa shape index (κ2) is 22.3. The van der Waals surface area contributed by atoms with Gasteiger partial charge < -0.3 is 24.4 Å². The predicted octanol–water partition coefficient (Wildman–Crippen LogP) is 11.3. The number of aryl methyl sites for hydroxylation is 1. The van der Waals surface area contributed by atoms with Gasteiger partial charge in [0.15, 0.2) is 8.32 Å². The van der Waals surface area contributed by atoms with Gasteiger partial charge in [-0.15, -0.1) is 11.3 Å². The number of carbonyl (C=O) groups excluding carboxylic acids is 3. The van der Waals surface area contributed by atoms with Gasteiger partial charge in [-0.1, -0.05) is 113 Å². The van der Waals surface area contributed by atoms with E-state index in [-0.39, 0.29) is 24.2 Å². The fourth-order valence-electron chi connectivity index (χ4n) is 6.13. The molecule has 1 aromatic heterocycles. The number of nitrogens with zero attached hydrogens (tertiary/aromatic N) is 1. The number of thiazole rings is 1. The molecule has 1 aromatic rings. The Morgan fingerprint density at radius 2 is 1.59 bits per heavy atom. The van der Waals surface area contributed by atoms with E-state index in [2.05, 4.69) is 31.8 Å². The van der Waals surface area contributed by atoms with E-state index in [4.69, 9.17) is 59.2 Å². The summed E-state index contributed by atoms with van der Waals surface area (Å²) in [5.41, 5.74) is 7.55. The van der Waals surface area contributed by atoms with Crippen LogP contribution in [0.2, 0.25) is 18.1 Å². The first-order valence-corrected chi connectivity index (χ1v) is 23.4. The average Bonchev–Trinajstić information content (AvgIpc) is 3.48. The van der Waals surface area contributed by atoms with E-state index in [0.717, 1.165) is 40.0 Å². The minimum absolute atomic E-state index is 0.0955. The summed E-state index contributed by atoms with van der Waals surface area (Å²) < 4.78 is 21.7. The molecule has 0 aliphatic carbocycles. The molecule has 1 heterocycles. The molecule has 54 heavy (non-hydrogen) atoms. The van der Waals surface area contributed by atoms with Crippen LogP contribution in [0.4, 0.5) is 4.79 Å². The Kier molecular flexibility index (Phi) is 20.7. The van der Waals surface area contributed by atoms with Crippen molar-refractivity contribution in [3.8, 4) is 0 Å². The van der Waals surface area contributed by atoms with Gasteiger partial charge >= 0.3 is 12.1 Å². The molecule has 1 rings (SSSR count). The molecule has 0 aliphatic heterocycles. The normalized spacial score (nSPS) is 16.5. The highest BCUT2D eigenvalue weighted by molar-refractivity contribution is 7.09. The number of rotatable bonds is 21. The zero-order valence-electron chi connectivity index (χ0n) is 34.6. The number of ketones is 1. The third-order valence-electron chi connectivity index (χ3n) is 9.77. The maximum absolute atomic E-state index is 14.6. The summed E-state index contributed by atoms with van der Waals surface area (Å²) >= 11 is 19.1. The van der Waals surface area contributed by atoms with E-state index in [9.17, 15) is 14.4 Å². The zero-order valence-corrected chi connectivity index (χ0v) is 38.7. The van der Waals surface area contributed by atoms with Crippen LogP contribution in [0.25, 0.3) is 6.08 Å². The van der Waals surface area contributed by atoms with E-state index < -0.39 is 60.0 Å². The van der Waals surface area contributed by atoms with Crippen LogP contribution in [0, 0.1) is 24.2 Å². The average molecular weight is 852 g/mol. The number of nitrogens with two attached hydrogens (primary N) is 1. The SMILES string of the molecule is CC[Si](CC)(CC)O[C@@H](CC(=O)OC(C)(C)C)C(C)(C)C(=O)[C@H](C)[C@@H](OC(=O)OCC(Cl)(Cl)Cl)[C@@H](C)CC=CC(C)=CC[C@H](N)C(C)=Cc1csc(C)n1. The molecule has 0 radical (unpaired) electrons. The first-order chi connectivity index (χ1) is 24.8. The summed E-state index contributed by atoms with van der Waals surface area (Å²) in [7, 11) is -2.30. The van der Waals surface area contributed by atoms with Gasteiger partial charge in [-0.05, 0) is 84.5 Å². The summed E-state index contributed by atoms with van der Waals surface area (Å²) in [6.45, 7) is 24.3. The summed E-state index contributed by atoms with van der Waals surface area (Å²) in [5, 5.41) is 3.02. The summed E-state index contributed by atoms with van der Waals surface area (Å²) in [6, 6.07) is 2.33. The van der Waals surface area contributed by atoms with E-state index in [1.165, 1.54) is 0 Å². The van der Waals surface area contributed by atoms with Crippen molar-refractivity contribution in [3.05, 3.63) is 45.5 Å². The van der Waals surface area contributed by atoms with Gasteiger partial charge in [0.1, 0.15) is 24.1 Å². The van der Waals surface area contributed by atoms with Crippen LogP contribution in [-0.2, 0) is 28.2 Å². The number of halogens is 3. The van der Waals surface area contributed by atoms with Crippen LogP contribution < -0.4 is 5.73 Å². The molecular formula is C40H65Cl3N2O7SSi. The predicted molar refractivity (Wildman–Crippen MR) is 227 cm³/mol. The van der Waals surface area contributed by atoms with Crippen molar-refractivity contribution in [3.63, 3.8) is 0 Å². The number of Topliss-reactive ketones (excluding diaryl/α,β-unsaturated/α-hetero) is 1. The smallest absolute Gasteiger partial charge is 0.460 e. The number of allylic oxidation sites excluding steroid dienone is 3. The van der Waals surface area contributed by atoms with Gasteiger partial charge in [0, 0.05) is 16.8 Å². The molecular weight excluding hydrogens is 787 g/mol. The molecule has 0 fully saturated rings. The first-order valence-electron chi connectivity index (χ1n) is 18.8. The molecule has 9 nitrogen and oxygen atoms in total. The zero-order chi connectivity index (χ0) is 41.7. The molecule has 0 aromatic carbocycles. The van der Waals surface area contributed by atoms with Crippen LogP contribution >= 0.6 is 46.1 Å². The van der Waals surface area contributed by atoms with Crippen molar-refractivity contribution < 1.29 is 33.0 Å². The molecule has 0 saturated carbocycles. The van der Waals surface area contributed by atoms with Crippen LogP contribution in [0.3, 0.4) is 0 Å². The molecule has 308 valence electrons. The molecule has 0 unspecified atom stereocenters. The monoisotopic (exact) mass is 850 g/mol. The van der Waals surface area contributed by atoms with Crippen molar-refractivity contribution in [2.45, 2.75) is 155 Å². The molecule has 0 saturated heterocycles. The Labute approximate surface area is 344 Å². The Morgan fingerprint density at radius 1 is 1.00 bits per heavy atom. The minimum Gasteiger partial charge on any atom is -0.460 e. The third kappa shape index (κ3) is 17.6. The largest absolute Gasteiger partial charge is 0.508 e. The van der Waals surface area contributed by atoms with Crippen molar-refractivity contribution in [2.24, 2.45) is 23.0 Å². The van der Waals surface area contributed by atoms with Crippen LogP contribution in [0.5, 0.6) is 0 Å². The number of hydrogen-bond acceptors (Lipinski definition) is 10. The summed E-state index contributed by atoms with van der Waals surface area (Å²) in [4.78, 5) is 45.3. The van der Waals surface area contributed by atoms with E-state index in [1.54, 1.807) is 52.9 Å². The maximum atomic E-state index is 14.6. The van der Waals surface area contributed by atoms with E-state index in [1.807, 2.05) is 51.3 Å². The molecule has 0 bridgehead atoms. The molecule has 0 amide bonds. The quantitative estimate of drug-likeness (QED) is 0.0556. The summed E-state index contributed by atoms with van der Waals surface area (Å²) in [6.07, 6.45) is 6.32. The lowest BCUT2D eigenvalue weighted by atomic mass is 9.73. The second-order valence-electron chi connectivity index (χ2n) is 15.8. The van der Waals surface area contributed by atoms with Crippen LogP contribution in [0.15, 0.2) is 34.8 Å². The van der Waals surface area contributed by atoms with Gasteiger partial charge in [-0.3, -0.25) is 9.59 Å². The standard InChI is InChI=1S/C40H65Cl3N2O7SSi/c1-14-54(15-2,16-3)52-33(23-34(46)51-38(9,10)11)39(12,13)36(47)29(7)35(50-37(48)49-25-40(41,42)43)27(5)19-17-18-26(4)20-21-32(44)28(6)22-31-24-53-30(8)45-31/h17-18,20,22,24,27,29,32-33,35H,14-16,19,21,23,25,44H2,1-13H3/t27-,29+,32-,33-,35-/m0/s1. The van der Waals surface area contributed by atoms with E-state index >= 15 is 0 Å². The van der Waals surface area contributed by atoms with Crippen LogP contribution in [-0.4, -0.2) is 65.5 Å². The Hall–Kier alpha value is -1.73. The summed E-state index contributed by atoms with van der Waals surface area (Å²) in [5.74, 6) is -1.82. The second-order valence-corrected chi connectivity index (χ2v) is 24.1. The van der Waals surface area contributed by atoms with Gasteiger partial charge in [0.2, 0.25) is 3.79 Å². The highest BCUT2D eigenvalue weighted by Gasteiger charge is 2.48. The molecule has 5 atom stereocenters. The first kappa shape index (κ1) is 50.3. The van der Waals surface area contributed by atoms with Gasteiger partial charge in [-0.25, -0.2) is 9.78 Å². The maximum Gasteiger partial charge on any atom is 0.508 e. The highest BCUT2D eigenvalue weighted by atomic mass is 35.6. The number of esters is 1. The number of ether oxygens (including phenoxy) is 3. The van der Waals surface area contributed by atoms with Crippen molar-refractivity contribution in [2.75, 3.05) is 6.61 Å². The van der Waals surface area contributed by atoms with Crippen molar-refractivity contribution in [1.29, 1.82) is 0 Å². The lowest BCUT2D eigenvalue weighted by Crippen LogP contribution is -2.52. The lowest BCUT2D eigenvalue weighted by Gasteiger charge is -2.42. The Balaban J connectivity index is 3.36. The number of carbonyl (C=O) groups is 3. The third-order valence-corrected chi connectivity index (χ3v) is 15.5. The Morgan fingerprint density at radius 3 is 2.09 bits per heavy atom. The molecule has 0 spiro atoms. The lowest BCUT2D eigenvalue weighted by molar-refractivity contribution is -0.159. The van der Waals surface area contributed by atoms with Crippen molar-refractivity contribution in [1.82, 2.24) is 4.98 Å². The molecule has 2 N–H and O–H groups in total. The van der Waals surface area contributed by atoms with E-state index in [0.29, 0.717) is 12.8 Å². The van der Waals surface area contributed by atoms with Gasteiger partial charge in [0.05, 0.1) is 29.1 Å². The Bertz CT molecular complexity index is 1450. The number of aromatic nitrogens is 1. The van der Waals surface area contributed by atoms with Crippen LogP contribution in [0.1, 0.15) is 113 Å². The van der Waals surface area contributed by atoms with Crippen molar-refractivity contribution >= 4 is 78.4 Å². The minimum atomic E-state index is -2.30. The van der Waals surface area contributed by atoms with Gasteiger partial charge in [-0.2, -0.15) is 0 Å². The topological polar surface area (TPSA) is 127 Å². The fourth-order valence-corrected chi connectivity index (χ4v) is 9.84.